The number of halogens is 5. The van der Waals surface area contributed by atoms with Gasteiger partial charge in [-0.1, -0.05) is 24.3 Å². The van der Waals surface area contributed by atoms with E-state index in [1.165, 1.54) is 30.3 Å². The van der Waals surface area contributed by atoms with Crippen LogP contribution in [0.3, 0.4) is 0 Å². The summed E-state index contributed by atoms with van der Waals surface area (Å²) in [4.78, 5) is 45.1. The molecule has 1 unspecified atom stereocenters. The zero-order chi connectivity index (χ0) is 30.0. The second kappa shape index (κ2) is 14.2. The quantitative estimate of drug-likeness (QED) is 0.248. The lowest BCUT2D eigenvalue weighted by Gasteiger charge is -2.21. The zero-order valence-electron chi connectivity index (χ0n) is 21.3. The van der Waals surface area contributed by atoms with Crippen molar-refractivity contribution in [1.82, 2.24) is 16.0 Å². The second-order valence-electron chi connectivity index (χ2n) is 9.13. The van der Waals surface area contributed by atoms with Gasteiger partial charge in [-0.15, -0.1) is 0 Å². The summed E-state index contributed by atoms with van der Waals surface area (Å²) in [5.74, 6) is -5.59. The lowest BCUT2D eigenvalue weighted by Crippen LogP contribution is -2.48. The van der Waals surface area contributed by atoms with Gasteiger partial charge in [0.1, 0.15) is 11.6 Å². The molecule has 0 aliphatic rings. The Morgan fingerprint density at radius 3 is 2.03 bits per heavy atom. The number of carbonyl (C=O) groups excluding carboxylic acids is 3. The van der Waals surface area contributed by atoms with Gasteiger partial charge in [-0.3, -0.25) is 14.4 Å². The van der Waals surface area contributed by atoms with E-state index in [2.05, 4.69) is 16.0 Å². The van der Waals surface area contributed by atoms with Crippen molar-refractivity contribution in [3.8, 4) is 11.1 Å². The van der Waals surface area contributed by atoms with Crippen molar-refractivity contribution in [2.45, 2.75) is 44.9 Å². The maximum Gasteiger partial charge on any atom is 0.490 e. The molecule has 2 aromatic rings. The van der Waals surface area contributed by atoms with Crippen LogP contribution < -0.4 is 21.7 Å². The van der Waals surface area contributed by atoms with Gasteiger partial charge in [-0.2, -0.15) is 13.2 Å². The van der Waals surface area contributed by atoms with Gasteiger partial charge in [-0.25, -0.2) is 13.6 Å². The van der Waals surface area contributed by atoms with Crippen molar-refractivity contribution in [2.24, 2.45) is 5.73 Å². The van der Waals surface area contributed by atoms with Crippen LogP contribution in [0, 0.1) is 11.6 Å². The van der Waals surface area contributed by atoms with Gasteiger partial charge < -0.3 is 26.8 Å². The Balaban J connectivity index is 0.000000956. The summed E-state index contributed by atoms with van der Waals surface area (Å²) in [5.41, 5.74) is 5.67. The number of carbonyl (C=O) groups is 4. The summed E-state index contributed by atoms with van der Waals surface area (Å²) in [5, 5.41) is 14.8. The largest absolute Gasteiger partial charge is 0.490 e. The molecule has 0 saturated carbocycles. The van der Waals surface area contributed by atoms with E-state index in [0.29, 0.717) is 5.56 Å². The van der Waals surface area contributed by atoms with E-state index in [4.69, 9.17) is 15.6 Å². The number of carboxylic acids is 1. The minimum atomic E-state index is -5.08. The Bertz CT molecular complexity index is 1180. The SMILES string of the molecule is CC(C)(C)NC(=O)CC(N)C(=O)NCCNC(=O)c1cc(-c2ccccc2F)ccc1F.O=C(O)C(F)(F)F. The summed E-state index contributed by atoms with van der Waals surface area (Å²) in [6.07, 6.45) is -5.26. The molecule has 0 aliphatic carbocycles. The molecular weight excluding hydrogens is 531 g/mol. The molecule has 0 saturated heterocycles. The topological polar surface area (TPSA) is 151 Å². The van der Waals surface area contributed by atoms with Crippen molar-refractivity contribution in [3.63, 3.8) is 0 Å². The summed E-state index contributed by atoms with van der Waals surface area (Å²) >= 11 is 0. The first-order valence-electron chi connectivity index (χ1n) is 11.4. The third-order valence-electron chi connectivity index (χ3n) is 4.60. The first kappa shape index (κ1) is 33.0. The Morgan fingerprint density at radius 2 is 1.49 bits per heavy atom. The first-order valence-corrected chi connectivity index (χ1v) is 11.4. The van der Waals surface area contributed by atoms with Crippen molar-refractivity contribution in [2.75, 3.05) is 13.1 Å². The second-order valence-corrected chi connectivity index (χ2v) is 9.13. The molecule has 0 fully saturated rings. The number of nitrogens with one attached hydrogen (secondary N) is 3. The molecular formula is C25H29F5N4O5. The monoisotopic (exact) mass is 560 g/mol. The van der Waals surface area contributed by atoms with E-state index >= 15 is 0 Å². The Morgan fingerprint density at radius 1 is 0.923 bits per heavy atom. The number of benzene rings is 2. The predicted octanol–water partition coefficient (Wildman–Crippen LogP) is 2.74. The summed E-state index contributed by atoms with van der Waals surface area (Å²) in [6, 6.07) is 8.70. The van der Waals surface area contributed by atoms with Gasteiger partial charge in [0.2, 0.25) is 11.8 Å². The molecule has 0 bridgehead atoms. The summed E-state index contributed by atoms with van der Waals surface area (Å²) in [7, 11) is 0. The van der Waals surface area contributed by atoms with E-state index in [1.54, 1.807) is 6.07 Å². The highest BCUT2D eigenvalue weighted by Crippen LogP contribution is 2.24. The minimum absolute atomic E-state index is 0.00878. The third-order valence-corrected chi connectivity index (χ3v) is 4.60. The van der Waals surface area contributed by atoms with Crippen molar-refractivity contribution >= 4 is 23.7 Å². The molecule has 0 spiro atoms. The first-order chi connectivity index (χ1) is 17.9. The molecule has 1 atom stereocenters. The normalized spacial score (nSPS) is 11.9. The number of rotatable bonds is 8. The zero-order valence-corrected chi connectivity index (χ0v) is 21.3. The summed E-state index contributed by atoms with van der Waals surface area (Å²) in [6.45, 7) is 5.48. The fraction of sp³-hybridized carbons (Fsp3) is 0.360. The van der Waals surface area contributed by atoms with Crippen LogP contribution in [-0.4, -0.2) is 59.6 Å². The molecule has 3 amide bonds. The van der Waals surface area contributed by atoms with Crippen molar-refractivity contribution < 1.29 is 46.2 Å². The van der Waals surface area contributed by atoms with Gasteiger partial charge in [-0.05, 0) is 44.5 Å². The molecule has 2 rings (SSSR count). The van der Waals surface area contributed by atoms with Crippen LogP contribution >= 0.6 is 0 Å². The highest BCUT2D eigenvalue weighted by Gasteiger charge is 2.38. The highest BCUT2D eigenvalue weighted by molar-refractivity contribution is 5.96. The number of carboxylic acid groups (broad SMARTS) is 1. The maximum absolute atomic E-state index is 14.1. The highest BCUT2D eigenvalue weighted by atomic mass is 19.4. The third kappa shape index (κ3) is 11.9. The van der Waals surface area contributed by atoms with E-state index in [0.717, 1.165) is 6.07 Å². The van der Waals surface area contributed by atoms with Gasteiger partial charge in [0.25, 0.3) is 5.91 Å². The fourth-order valence-electron chi connectivity index (χ4n) is 2.91. The maximum atomic E-state index is 14.1. The van der Waals surface area contributed by atoms with Crippen LogP contribution in [0.5, 0.6) is 0 Å². The molecule has 214 valence electrons. The molecule has 39 heavy (non-hydrogen) atoms. The average Bonchev–Trinajstić information content (AvgIpc) is 2.80. The van der Waals surface area contributed by atoms with Gasteiger partial charge >= 0.3 is 12.1 Å². The van der Waals surface area contributed by atoms with Crippen LogP contribution in [0.25, 0.3) is 11.1 Å². The number of hydrogen-bond donors (Lipinski definition) is 5. The number of alkyl halides is 3. The lowest BCUT2D eigenvalue weighted by molar-refractivity contribution is -0.192. The molecule has 0 aliphatic heterocycles. The van der Waals surface area contributed by atoms with Crippen LogP contribution in [-0.2, 0) is 14.4 Å². The van der Waals surface area contributed by atoms with Crippen LogP contribution in [0.4, 0.5) is 22.0 Å². The predicted molar refractivity (Wildman–Crippen MR) is 131 cm³/mol. The van der Waals surface area contributed by atoms with Crippen LogP contribution in [0.1, 0.15) is 37.6 Å². The Kier molecular flexibility index (Phi) is 12.0. The fourth-order valence-corrected chi connectivity index (χ4v) is 2.91. The molecule has 0 heterocycles. The van der Waals surface area contributed by atoms with Crippen molar-refractivity contribution in [3.05, 3.63) is 59.7 Å². The van der Waals surface area contributed by atoms with E-state index in [9.17, 15) is 36.3 Å². The van der Waals surface area contributed by atoms with Crippen LogP contribution in [0.15, 0.2) is 42.5 Å². The smallest absolute Gasteiger partial charge is 0.475 e. The van der Waals surface area contributed by atoms with Crippen LogP contribution in [0.2, 0.25) is 0 Å². The van der Waals surface area contributed by atoms with Crippen molar-refractivity contribution in [1.29, 1.82) is 0 Å². The van der Waals surface area contributed by atoms with Gasteiger partial charge in [0.05, 0.1) is 18.0 Å². The molecule has 9 nitrogen and oxygen atoms in total. The lowest BCUT2D eigenvalue weighted by atomic mass is 10.0. The van der Waals surface area contributed by atoms with E-state index < -0.39 is 47.2 Å². The number of amides is 3. The molecule has 14 heteroatoms. The molecule has 0 radical (unpaired) electrons. The Labute approximate surface area is 220 Å². The van der Waals surface area contributed by atoms with Gasteiger partial charge in [0.15, 0.2) is 0 Å². The minimum Gasteiger partial charge on any atom is -0.475 e. The number of aliphatic carboxylic acids is 1. The summed E-state index contributed by atoms with van der Waals surface area (Å²) < 4.78 is 59.9. The molecule has 6 N–H and O–H groups in total. The molecule has 0 aromatic heterocycles. The standard InChI is InChI=1S/C23H28F2N4O3.C2HF3O2/c1-23(2,3)29-20(30)13-19(26)22(32)28-11-10-27-21(31)16-12-14(8-9-18(16)25)15-6-4-5-7-17(15)24;3-2(4,5)1(6)7/h4-9,12,19H,10-11,13,26H2,1-3H3,(H,27,31)(H,28,32)(H,29,30);(H,6,7). The molecule has 2 aromatic carbocycles. The van der Waals surface area contributed by atoms with E-state index in [-0.39, 0.29) is 36.5 Å². The van der Waals surface area contributed by atoms with E-state index in [1.807, 2.05) is 20.8 Å². The number of hydrogen-bond acceptors (Lipinski definition) is 5. The number of nitrogens with two attached hydrogens (primary N) is 1. The average molecular weight is 561 g/mol. The Hall–Kier alpha value is -4.07. The van der Waals surface area contributed by atoms with Gasteiger partial charge in [0, 0.05) is 24.2 Å².